The van der Waals surface area contributed by atoms with Gasteiger partial charge in [0.05, 0.1) is 16.3 Å². The zero-order valence-electron chi connectivity index (χ0n) is 8.04. The lowest BCUT2D eigenvalue weighted by molar-refractivity contribution is 0.0857. The quantitative estimate of drug-likeness (QED) is 0.572. The second-order valence-electron chi connectivity index (χ2n) is 3.04. The van der Waals surface area contributed by atoms with Gasteiger partial charge in [0.15, 0.2) is 0 Å². The Bertz CT molecular complexity index is 352. The first-order valence-corrected chi connectivity index (χ1v) is 4.42. The van der Waals surface area contributed by atoms with Gasteiger partial charge in [-0.3, -0.25) is 10.2 Å². The minimum Gasteiger partial charge on any atom is -0.398 e. The number of benzene rings is 1. The molecule has 0 saturated heterocycles. The lowest BCUT2D eigenvalue weighted by Gasteiger charge is -2.12. The van der Waals surface area contributed by atoms with Gasteiger partial charge in [0, 0.05) is 14.1 Å². The van der Waals surface area contributed by atoms with E-state index in [0.717, 1.165) is 0 Å². The molecule has 1 rings (SSSR count). The van der Waals surface area contributed by atoms with E-state index in [0.29, 0.717) is 11.3 Å². The Morgan fingerprint density at radius 3 is 2.71 bits per heavy atom. The Kier molecular flexibility index (Phi) is 3.33. The normalized spacial score (nSPS) is 10.3. The molecule has 1 amide bonds. The van der Waals surface area contributed by atoms with Gasteiger partial charge < -0.3 is 5.73 Å². The molecule has 76 valence electrons. The topological polar surface area (TPSA) is 58.4 Å². The van der Waals surface area contributed by atoms with E-state index in [1.165, 1.54) is 0 Å². The molecule has 0 fully saturated rings. The van der Waals surface area contributed by atoms with Crippen molar-refractivity contribution in [3.8, 4) is 0 Å². The number of nitrogen functional groups attached to an aromatic ring is 1. The molecule has 0 aliphatic rings. The summed E-state index contributed by atoms with van der Waals surface area (Å²) in [5, 5.41) is 1.83. The summed E-state index contributed by atoms with van der Waals surface area (Å²) in [5.41, 5.74) is 8.92. The van der Waals surface area contributed by atoms with Crippen LogP contribution in [0.1, 0.15) is 10.4 Å². The maximum atomic E-state index is 11.5. The number of halogens is 1. The minimum atomic E-state index is -0.271. The van der Waals surface area contributed by atoms with Gasteiger partial charge in [-0.2, -0.15) is 0 Å². The molecule has 0 heterocycles. The smallest absolute Gasteiger partial charge is 0.267 e. The second-order valence-corrected chi connectivity index (χ2v) is 3.42. The molecule has 1 aromatic carbocycles. The van der Waals surface area contributed by atoms with Gasteiger partial charge in [-0.15, -0.1) is 0 Å². The first-order chi connectivity index (χ1) is 6.52. The molecule has 5 heteroatoms. The third-order valence-corrected chi connectivity index (χ3v) is 2.02. The number of carbonyl (C=O) groups is 1. The summed E-state index contributed by atoms with van der Waals surface area (Å²) in [5.74, 6) is -0.271. The Hall–Kier alpha value is -1.26. The summed E-state index contributed by atoms with van der Waals surface area (Å²) in [4.78, 5) is 11.5. The van der Waals surface area contributed by atoms with Gasteiger partial charge in [0.2, 0.25) is 0 Å². The summed E-state index contributed by atoms with van der Waals surface area (Å²) in [6.07, 6.45) is 0. The molecule has 0 aromatic heterocycles. The monoisotopic (exact) mass is 213 g/mol. The molecular weight excluding hydrogens is 202 g/mol. The van der Waals surface area contributed by atoms with Crippen LogP contribution in [-0.4, -0.2) is 25.0 Å². The van der Waals surface area contributed by atoms with Crippen LogP contribution in [0.4, 0.5) is 5.69 Å². The van der Waals surface area contributed by atoms with Crippen LogP contribution in [0.3, 0.4) is 0 Å². The zero-order chi connectivity index (χ0) is 10.7. The highest BCUT2D eigenvalue weighted by Gasteiger charge is 2.11. The van der Waals surface area contributed by atoms with Crippen LogP contribution in [0.5, 0.6) is 0 Å². The fourth-order valence-electron chi connectivity index (χ4n) is 0.989. The van der Waals surface area contributed by atoms with Crippen LogP contribution >= 0.6 is 11.6 Å². The molecule has 0 unspecified atom stereocenters. The van der Waals surface area contributed by atoms with Crippen molar-refractivity contribution in [1.29, 1.82) is 0 Å². The number of carbonyl (C=O) groups excluding carboxylic acids is 1. The summed E-state index contributed by atoms with van der Waals surface area (Å²) in [6.45, 7) is 0. The summed E-state index contributed by atoms with van der Waals surface area (Å²) in [7, 11) is 3.44. The molecular formula is C9H12ClN3O. The van der Waals surface area contributed by atoms with Crippen LogP contribution in [0.15, 0.2) is 18.2 Å². The van der Waals surface area contributed by atoms with Crippen LogP contribution in [0.2, 0.25) is 5.02 Å². The Balaban J connectivity index is 2.96. The lowest BCUT2D eigenvalue weighted by Crippen LogP contribution is -2.36. The van der Waals surface area contributed by atoms with Crippen LogP contribution in [0.25, 0.3) is 0 Å². The zero-order valence-corrected chi connectivity index (χ0v) is 8.80. The molecule has 3 N–H and O–H groups in total. The van der Waals surface area contributed by atoms with Crippen molar-refractivity contribution in [2.24, 2.45) is 0 Å². The van der Waals surface area contributed by atoms with Crippen LogP contribution < -0.4 is 11.2 Å². The van der Waals surface area contributed by atoms with E-state index in [1.807, 2.05) is 0 Å². The van der Waals surface area contributed by atoms with E-state index in [-0.39, 0.29) is 10.9 Å². The number of nitrogens with zero attached hydrogens (tertiary/aromatic N) is 1. The third-order valence-electron chi connectivity index (χ3n) is 1.60. The van der Waals surface area contributed by atoms with Crippen molar-refractivity contribution in [2.45, 2.75) is 0 Å². The molecule has 0 bridgehead atoms. The number of amides is 1. The first kappa shape index (κ1) is 10.8. The molecule has 0 aliphatic heterocycles. The molecule has 0 saturated carbocycles. The highest BCUT2D eigenvalue weighted by Crippen LogP contribution is 2.22. The van der Waals surface area contributed by atoms with Crippen molar-refractivity contribution in [3.05, 3.63) is 28.8 Å². The predicted molar refractivity (Wildman–Crippen MR) is 57.0 cm³/mol. The average molecular weight is 214 g/mol. The maximum Gasteiger partial charge on any atom is 0.267 e. The van der Waals surface area contributed by atoms with Crippen molar-refractivity contribution >= 4 is 23.2 Å². The molecule has 0 atom stereocenters. The van der Waals surface area contributed by atoms with Crippen LogP contribution in [-0.2, 0) is 0 Å². The van der Waals surface area contributed by atoms with Gasteiger partial charge in [-0.05, 0) is 12.1 Å². The molecule has 0 aliphatic carbocycles. The number of hydrazine groups is 1. The van der Waals surface area contributed by atoms with Gasteiger partial charge >= 0.3 is 0 Å². The third kappa shape index (κ3) is 2.37. The van der Waals surface area contributed by atoms with Gasteiger partial charge in [-0.1, -0.05) is 17.7 Å². The standard InChI is InChI=1S/C9H12ClN3O/c1-13(2)12-9(14)6-4-3-5-7(11)8(6)10/h3-5H,11H2,1-2H3,(H,12,14). The summed E-state index contributed by atoms with van der Waals surface area (Å²) in [6, 6.07) is 4.96. The number of hydrogen-bond acceptors (Lipinski definition) is 3. The van der Waals surface area contributed by atoms with E-state index in [2.05, 4.69) is 5.43 Å². The second kappa shape index (κ2) is 4.30. The van der Waals surface area contributed by atoms with Crippen molar-refractivity contribution < 1.29 is 4.79 Å². The van der Waals surface area contributed by atoms with E-state index < -0.39 is 0 Å². The molecule has 0 spiro atoms. The number of nitrogens with two attached hydrogens (primary N) is 1. The first-order valence-electron chi connectivity index (χ1n) is 4.04. The Morgan fingerprint density at radius 1 is 1.50 bits per heavy atom. The fraction of sp³-hybridized carbons (Fsp3) is 0.222. The number of rotatable bonds is 2. The number of hydrogen-bond donors (Lipinski definition) is 2. The summed E-state index contributed by atoms with van der Waals surface area (Å²) < 4.78 is 0. The molecule has 0 radical (unpaired) electrons. The predicted octanol–water partition coefficient (Wildman–Crippen LogP) is 1.13. The highest BCUT2D eigenvalue weighted by atomic mass is 35.5. The van der Waals surface area contributed by atoms with Crippen LogP contribution in [0, 0.1) is 0 Å². The minimum absolute atomic E-state index is 0.271. The van der Waals surface area contributed by atoms with Crippen molar-refractivity contribution in [3.63, 3.8) is 0 Å². The van der Waals surface area contributed by atoms with Crippen molar-refractivity contribution in [1.82, 2.24) is 10.4 Å². The maximum absolute atomic E-state index is 11.5. The van der Waals surface area contributed by atoms with E-state index >= 15 is 0 Å². The number of nitrogens with one attached hydrogen (secondary N) is 1. The Labute approximate surface area is 87.6 Å². The molecule has 1 aromatic rings. The lowest BCUT2D eigenvalue weighted by atomic mass is 10.2. The largest absolute Gasteiger partial charge is 0.398 e. The van der Waals surface area contributed by atoms with E-state index in [1.54, 1.807) is 37.3 Å². The summed E-state index contributed by atoms with van der Waals surface area (Å²) >= 11 is 5.87. The van der Waals surface area contributed by atoms with Gasteiger partial charge in [0.25, 0.3) is 5.91 Å². The molecule has 14 heavy (non-hydrogen) atoms. The SMILES string of the molecule is CN(C)NC(=O)c1cccc(N)c1Cl. The number of anilines is 1. The van der Waals surface area contributed by atoms with E-state index in [4.69, 9.17) is 17.3 Å². The Morgan fingerprint density at radius 2 is 2.14 bits per heavy atom. The highest BCUT2D eigenvalue weighted by molar-refractivity contribution is 6.36. The molecule has 4 nitrogen and oxygen atoms in total. The van der Waals surface area contributed by atoms with Gasteiger partial charge in [0.1, 0.15) is 0 Å². The average Bonchev–Trinajstić information content (AvgIpc) is 2.08. The van der Waals surface area contributed by atoms with Gasteiger partial charge in [-0.25, -0.2) is 5.01 Å². The fourth-order valence-corrected chi connectivity index (χ4v) is 1.20. The van der Waals surface area contributed by atoms with E-state index in [9.17, 15) is 4.79 Å². The van der Waals surface area contributed by atoms with Crippen molar-refractivity contribution in [2.75, 3.05) is 19.8 Å².